The van der Waals surface area contributed by atoms with Gasteiger partial charge in [-0.1, -0.05) is 121 Å². The lowest BCUT2D eigenvalue weighted by molar-refractivity contribution is 0.488. The Kier molecular flexibility index (Phi) is 5.01. The van der Waals surface area contributed by atoms with Gasteiger partial charge in [-0.15, -0.1) is 0 Å². The molecule has 3 nitrogen and oxygen atoms in total. The van der Waals surface area contributed by atoms with Crippen molar-refractivity contribution in [2.24, 2.45) is 0 Å². The van der Waals surface area contributed by atoms with E-state index in [4.69, 9.17) is 4.74 Å². The van der Waals surface area contributed by atoms with E-state index < -0.39 is 0 Å². The molecular formula is C42H26B2N2O. The molecule has 7 aromatic rings. The van der Waals surface area contributed by atoms with Gasteiger partial charge in [-0.2, -0.15) is 0 Å². The highest BCUT2D eigenvalue weighted by atomic mass is 16.5. The number of hydrogen-bond donors (Lipinski definition) is 0. The van der Waals surface area contributed by atoms with Crippen molar-refractivity contribution in [1.29, 1.82) is 0 Å². The molecule has 11 rings (SSSR count). The van der Waals surface area contributed by atoms with Crippen LogP contribution in [-0.4, -0.2) is 13.4 Å². The quantitative estimate of drug-likeness (QED) is 0.216. The van der Waals surface area contributed by atoms with E-state index in [9.17, 15) is 0 Å². The Labute approximate surface area is 274 Å². The molecule has 0 aromatic heterocycles. The second-order valence-corrected chi connectivity index (χ2v) is 12.8. The topological polar surface area (TPSA) is 15.7 Å². The summed E-state index contributed by atoms with van der Waals surface area (Å²) < 4.78 is 6.93. The van der Waals surface area contributed by atoms with Crippen molar-refractivity contribution < 1.29 is 4.74 Å². The normalized spacial score (nSPS) is 14.0. The van der Waals surface area contributed by atoms with Gasteiger partial charge in [0.2, 0.25) is 0 Å². The summed E-state index contributed by atoms with van der Waals surface area (Å²) in [6.45, 7) is 0.160. The molecule has 216 valence electrons. The third-order valence-electron chi connectivity index (χ3n) is 10.5. The Morgan fingerprint density at radius 1 is 0.383 bits per heavy atom. The van der Waals surface area contributed by atoms with Gasteiger partial charge >= 0.3 is 0 Å². The molecule has 0 N–H and O–H groups in total. The van der Waals surface area contributed by atoms with Crippen molar-refractivity contribution >= 4 is 80.3 Å². The average Bonchev–Trinajstić information content (AvgIpc) is 3.14. The third-order valence-corrected chi connectivity index (χ3v) is 10.5. The van der Waals surface area contributed by atoms with Crippen LogP contribution in [0.4, 0.5) is 34.1 Å². The smallest absolute Gasteiger partial charge is 0.256 e. The fraction of sp³-hybridized carbons (Fsp3) is 0. The molecule has 0 spiro atoms. The van der Waals surface area contributed by atoms with Crippen LogP contribution in [0.1, 0.15) is 0 Å². The number of hydrogen-bond acceptors (Lipinski definition) is 3. The molecule has 0 radical (unpaired) electrons. The number of para-hydroxylation sites is 5. The van der Waals surface area contributed by atoms with Gasteiger partial charge in [0.15, 0.2) is 0 Å². The minimum absolute atomic E-state index is 0.0795. The van der Waals surface area contributed by atoms with Crippen molar-refractivity contribution in [1.82, 2.24) is 0 Å². The van der Waals surface area contributed by atoms with Gasteiger partial charge < -0.3 is 14.5 Å². The van der Waals surface area contributed by atoms with E-state index in [0.717, 1.165) is 17.2 Å². The molecule has 0 amide bonds. The fourth-order valence-electron chi connectivity index (χ4n) is 8.72. The van der Waals surface area contributed by atoms with Crippen LogP contribution < -0.4 is 47.3 Å². The molecular weight excluding hydrogens is 570 g/mol. The molecule has 0 saturated heterocycles. The summed E-state index contributed by atoms with van der Waals surface area (Å²) in [7, 11) is 0. The monoisotopic (exact) mass is 596 g/mol. The second-order valence-electron chi connectivity index (χ2n) is 12.8. The van der Waals surface area contributed by atoms with Crippen LogP contribution in [0.25, 0.3) is 11.1 Å². The number of fused-ring (bicyclic) bond motifs is 10. The summed E-state index contributed by atoms with van der Waals surface area (Å²) in [4.78, 5) is 5.02. The highest BCUT2D eigenvalue weighted by molar-refractivity contribution is 7.04. The van der Waals surface area contributed by atoms with Gasteiger partial charge in [0.1, 0.15) is 11.5 Å². The number of ether oxygens (including phenoxy) is 1. The summed E-state index contributed by atoms with van der Waals surface area (Å²) in [5.74, 6) is 1.86. The maximum absolute atomic E-state index is 6.93. The zero-order valence-corrected chi connectivity index (χ0v) is 25.5. The predicted octanol–water partition coefficient (Wildman–Crippen LogP) is 6.37. The largest absolute Gasteiger partial charge is 0.458 e. The maximum atomic E-state index is 6.93. The maximum Gasteiger partial charge on any atom is 0.256 e. The molecule has 0 saturated carbocycles. The minimum Gasteiger partial charge on any atom is -0.458 e. The van der Waals surface area contributed by atoms with Crippen molar-refractivity contribution in [2.45, 2.75) is 0 Å². The van der Waals surface area contributed by atoms with Crippen LogP contribution in [0.2, 0.25) is 0 Å². The van der Waals surface area contributed by atoms with Crippen molar-refractivity contribution in [3.05, 3.63) is 158 Å². The zero-order valence-electron chi connectivity index (χ0n) is 25.5. The molecule has 0 fully saturated rings. The predicted molar refractivity (Wildman–Crippen MR) is 197 cm³/mol. The highest BCUT2D eigenvalue weighted by Gasteiger charge is 2.50. The van der Waals surface area contributed by atoms with Gasteiger partial charge in [-0.25, -0.2) is 0 Å². The first kappa shape index (κ1) is 25.3. The molecule has 47 heavy (non-hydrogen) atoms. The highest BCUT2D eigenvalue weighted by Crippen LogP contribution is 2.49. The second kappa shape index (κ2) is 9.31. The van der Waals surface area contributed by atoms with E-state index >= 15 is 0 Å². The van der Waals surface area contributed by atoms with Crippen molar-refractivity contribution in [2.75, 3.05) is 9.80 Å². The molecule has 7 aromatic carbocycles. The Hall–Kier alpha value is -5.93. The van der Waals surface area contributed by atoms with Crippen LogP contribution in [0, 0.1) is 0 Å². The molecule has 4 heterocycles. The standard InChI is InChI=1S/C42H26B2N2O/c1-2-14-27(15-3-1)28-16-4-9-21-33(28)45-34-22-10-5-17-29(34)43-30-18-6-11-23-35(30)46-36-24-12-7-19-31(36)44-32-20-8-13-25-38(32)47-39-26-37(45)40(43)42(46)41(39)44/h1-26H. The van der Waals surface area contributed by atoms with Crippen LogP contribution in [0.3, 0.4) is 0 Å². The van der Waals surface area contributed by atoms with Gasteiger partial charge in [0.25, 0.3) is 13.4 Å². The van der Waals surface area contributed by atoms with Gasteiger partial charge in [0, 0.05) is 40.1 Å². The van der Waals surface area contributed by atoms with E-state index in [0.29, 0.717) is 0 Å². The fourth-order valence-corrected chi connectivity index (χ4v) is 8.72. The first-order valence-electron chi connectivity index (χ1n) is 16.4. The minimum atomic E-state index is 0.0795. The summed E-state index contributed by atoms with van der Waals surface area (Å²) >= 11 is 0. The number of rotatable bonds is 2. The van der Waals surface area contributed by atoms with Gasteiger partial charge in [-0.05, 0) is 68.7 Å². The number of anilines is 6. The summed E-state index contributed by atoms with van der Waals surface area (Å²) in [6, 6.07) is 57.4. The molecule has 4 aliphatic rings. The van der Waals surface area contributed by atoms with E-state index in [-0.39, 0.29) is 13.4 Å². The first-order chi connectivity index (χ1) is 23.4. The van der Waals surface area contributed by atoms with Crippen molar-refractivity contribution in [3.63, 3.8) is 0 Å². The molecule has 5 heteroatoms. The van der Waals surface area contributed by atoms with Gasteiger partial charge in [-0.3, -0.25) is 0 Å². The molecule has 0 atom stereocenters. The lowest BCUT2D eigenvalue weighted by atomic mass is 9.29. The molecule has 0 aliphatic carbocycles. The van der Waals surface area contributed by atoms with Gasteiger partial charge in [0.05, 0.1) is 5.69 Å². The Balaban J connectivity index is 1.30. The van der Waals surface area contributed by atoms with E-state index in [1.807, 2.05) is 0 Å². The van der Waals surface area contributed by atoms with Crippen LogP contribution in [-0.2, 0) is 0 Å². The zero-order chi connectivity index (χ0) is 30.6. The van der Waals surface area contributed by atoms with Crippen LogP contribution in [0.5, 0.6) is 11.5 Å². The first-order valence-corrected chi connectivity index (χ1v) is 16.4. The Morgan fingerprint density at radius 3 is 1.57 bits per heavy atom. The third kappa shape index (κ3) is 3.28. The van der Waals surface area contributed by atoms with E-state index in [1.54, 1.807) is 0 Å². The average molecular weight is 596 g/mol. The van der Waals surface area contributed by atoms with Crippen molar-refractivity contribution in [3.8, 4) is 22.6 Å². The van der Waals surface area contributed by atoms with Crippen LogP contribution in [0.15, 0.2) is 158 Å². The number of nitrogens with zero attached hydrogens (tertiary/aromatic N) is 2. The molecule has 0 unspecified atom stereocenters. The summed E-state index contributed by atoms with van der Waals surface area (Å²) in [5, 5.41) is 0. The molecule has 4 aliphatic heterocycles. The lowest BCUT2D eigenvalue weighted by Gasteiger charge is -2.49. The van der Waals surface area contributed by atoms with E-state index in [2.05, 4.69) is 168 Å². The lowest BCUT2D eigenvalue weighted by Crippen LogP contribution is -2.67. The SMILES string of the molecule is c1ccc(-c2ccccc2N2c3ccccc3B3c4ccccc4N4c5ccccc5B5c6ccccc6Oc6cc2c3c4c65)cc1. The van der Waals surface area contributed by atoms with Crippen LogP contribution >= 0.6 is 0 Å². The summed E-state index contributed by atoms with van der Waals surface area (Å²) in [5.41, 5.74) is 17.4. The Morgan fingerprint density at radius 2 is 0.894 bits per heavy atom. The molecule has 0 bridgehead atoms. The Bertz CT molecular complexity index is 2430. The number of benzene rings is 7. The summed E-state index contributed by atoms with van der Waals surface area (Å²) in [6.07, 6.45) is 0. The van der Waals surface area contributed by atoms with E-state index in [1.165, 1.54) is 72.3 Å².